The highest BCUT2D eigenvalue weighted by Crippen LogP contribution is 2.07. The van der Waals surface area contributed by atoms with Crippen molar-refractivity contribution in [2.45, 2.75) is 6.92 Å². The van der Waals surface area contributed by atoms with Gasteiger partial charge in [0.25, 0.3) is 0 Å². The summed E-state index contributed by atoms with van der Waals surface area (Å²) in [5, 5.41) is 3.18. The van der Waals surface area contributed by atoms with E-state index in [1.54, 1.807) is 18.5 Å². The first-order valence-electron chi connectivity index (χ1n) is 3.82. The predicted octanol–water partition coefficient (Wildman–Crippen LogP) is 2.58. The second-order valence-corrected chi connectivity index (χ2v) is 2.31. The normalized spacial score (nSPS) is 10.9. The van der Waals surface area contributed by atoms with Crippen molar-refractivity contribution in [3.63, 3.8) is 0 Å². The van der Waals surface area contributed by atoms with Crippen LogP contribution in [-0.2, 0) is 0 Å². The molecule has 0 radical (unpaired) electrons. The van der Waals surface area contributed by atoms with E-state index in [1.807, 2.05) is 25.1 Å². The quantitative estimate of drug-likeness (QED) is 0.687. The van der Waals surface area contributed by atoms with Crippen molar-refractivity contribution in [1.29, 1.82) is 0 Å². The van der Waals surface area contributed by atoms with Crippen LogP contribution in [-0.4, -0.2) is 4.98 Å². The van der Waals surface area contributed by atoms with E-state index in [4.69, 9.17) is 0 Å². The minimum Gasteiger partial charge on any atom is -0.356 e. The zero-order chi connectivity index (χ0) is 8.81. The second kappa shape index (κ2) is 4.34. The van der Waals surface area contributed by atoms with Gasteiger partial charge in [-0.15, -0.1) is 0 Å². The van der Waals surface area contributed by atoms with E-state index in [1.165, 1.54) is 0 Å². The number of allylic oxidation sites excluding steroid dienone is 2. The van der Waals surface area contributed by atoms with Gasteiger partial charge in [0.05, 0.1) is 0 Å². The smallest absolute Gasteiger partial charge is 0.0414 e. The van der Waals surface area contributed by atoms with Crippen molar-refractivity contribution in [2.75, 3.05) is 5.32 Å². The molecule has 0 saturated heterocycles. The van der Waals surface area contributed by atoms with Crippen molar-refractivity contribution in [3.8, 4) is 0 Å². The fourth-order valence-corrected chi connectivity index (χ4v) is 0.843. The number of hydrogen-bond donors (Lipinski definition) is 1. The molecule has 0 aliphatic rings. The van der Waals surface area contributed by atoms with Gasteiger partial charge in [-0.05, 0) is 25.1 Å². The summed E-state index contributed by atoms with van der Waals surface area (Å²) in [5.41, 5.74) is 2.03. The van der Waals surface area contributed by atoms with Crippen molar-refractivity contribution in [1.82, 2.24) is 4.98 Å². The van der Waals surface area contributed by atoms with Gasteiger partial charge in [0, 0.05) is 23.8 Å². The van der Waals surface area contributed by atoms with Gasteiger partial charge in [-0.3, -0.25) is 4.98 Å². The first kappa shape index (κ1) is 8.53. The van der Waals surface area contributed by atoms with Crippen LogP contribution in [0, 0.1) is 0 Å². The highest BCUT2D eigenvalue weighted by atomic mass is 14.9. The summed E-state index contributed by atoms with van der Waals surface area (Å²) in [5.74, 6) is 0. The SMILES string of the molecule is C=C/C(=C\C)Nc1ccncc1. The van der Waals surface area contributed by atoms with Crippen molar-refractivity contribution >= 4 is 5.69 Å². The topological polar surface area (TPSA) is 24.9 Å². The fraction of sp³-hybridized carbons (Fsp3) is 0.100. The summed E-state index contributed by atoms with van der Waals surface area (Å²) in [6, 6.07) is 3.82. The van der Waals surface area contributed by atoms with Crippen LogP contribution in [0.25, 0.3) is 0 Å². The lowest BCUT2D eigenvalue weighted by Gasteiger charge is -2.04. The lowest BCUT2D eigenvalue weighted by Crippen LogP contribution is -1.95. The molecule has 0 aliphatic heterocycles. The molecule has 0 spiro atoms. The van der Waals surface area contributed by atoms with Gasteiger partial charge in [-0.2, -0.15) is 0 Å². The number of nitrogens with one attached hydrogen (secondary N) is 1. The van der Waals surface area contributed by atoms with Crippen LogP contribution in [0.3, 0.4) is 0 Å². The van der Waals surface area contributed by atoms with E-state index in [2.05, 4.69) is 16.9 Å². The Morgan fingerprint density at radius 2 is 2.17 bits per heavy atom. The second-order valence-electron chi connectivity index (χ2n) is 2.31. The molecule has 0 atom stereocenters. The van der Waals surface area contributed by atoms with E-state index < -0.39 is 0 Å². The number of hydrogen-bond acceptors (Lipinski definition) is 2. The van der Waals surface area contributed by atoms with Crippen molar-refractivity contribution < 1.29 is 0 Å². The Morgan fingerprint density at radius 3 is 2.67 bits per heavy atom. The maximum Gasteiger partial charge on any atom is 0.0414 e. The van der Waals surface area contributed by atoms with Crippen LogP contribution in [0.15, 0.2) is 49.0 Å². The third-order valence-electron chi connectivity index (χ3n) is 1.50. The molecule has 62 valence electrons. The minimum atomic E-state index is 1.00. The zero-order valence-corrected chi connectivity index (χ0v) is 7.12. The summed E-state index contributed by atoms with van der Waals surface area (Å²) >= 11 is 0. The van der Waals surface area contributed by atoms with Gasteiger partial charge in [0.15, 0.2) is 0 Å². The van der Waals surface area contributed by atoms with Gasteiger partial charge in [-0.25, -0.2) is 0 Å². The third kappa shape index (κ3) is 2.23. The van der Waals surface area contributed by atoms with E-state index in [0.29, 0.717) is 0 Å². The summed E-state index contributed by atoms with van der Waals surface area (Å²) in [4.78, 5) is 3.92. The van der Waals surface area contributed by atoms with Gasteiger partial charge in [0.2, 0.25) is 0 Å². The van der Waals surface area contributed by atoms with Crippen molar-refractivity contribution in [3.05, 3.63) is 49.0 Å². The molecule has 0 aromatic carbocycles. The number of anilines is 1. The van der Waals surface area contributed by atoms with Gasteiger partial charge in [0.1, 0.15) is 0 Å². The molecule has 12 heavy (non-hydrogen) atoms. The summed E-state index contributed by atoms with van der Waals surface area (Å²) in [6.07, 6.45) is 7.24. The predicted molar refractivity (Wildman–Crippen MR) is 51.8 cm³/mol. The van der Waals surface area contributed by atoms with Crippen LogP contribution in [0.4, 0.5) is 5.69 Å². The molecule has 1 aromatic heterocycles. The maximum absolute atomic E-state index is 3.92. The molecule has 1 N–H and O–H groups in total. The van der Waals surface area contributed by atoms with Crippen LogP contribution >= 0.6 is 0 Å². The van der Waals surface area contributed by atoms with Crippen molar-refractivity contribution in [2.24, 2.45) is 0 Å². The zero-order valence-electron chi connectivity index (χ0n) is 7.12. The molecule has 0 bridgehead atoms. The standard InChI is InChI=1S/C10H12N2/c1-3-9(4-2)12-10-5-7-11-8-6-10/h3-8H,1H2,2H3,(H,11,12)/b9-4+. The Labute approximate surface area is 72.6 Å². The lowest BCUT2D eigenvalue weighted by molar-refractivity contribution is 1.31. The van der Waals surface area contributed by atoms with Gasteiger partial charge in [-0.1, -0.05) is 12.7 Å². The van der Waals surface area contributed by atoms with Crippen LogP contribution < -0.4 is 5.32 Å². The molecular weight excluding hydrogens is 148 g/mol. The molecule has 0 amide bonds. The Hall–Kier alpha value is -1.57. The highest BCUT2D eigenvalue weighted by Gasteiger charge is 1.89. The molecule has 0 aliphatic carbocycles. The molecule has 1 rings (SSSR count). The highest BCUT2D eigenvalue weighted by molar-refractivity contribution is 5.48. The van der Waals surface area contributed by atoms with Gasteiger partial charge >= 0.3 is 0 Å². The average molecular weight is 160 g/mol. The Balaban J connectivity index is 2.70. The van der Waals surface area contributed by atoms with E-state index in [9.17, 15) is 0 Å². The van der Waals surface area contributed by atoms with Crippen LogP contribution in [0.2, 0.25) is 0 Å². The van der Waals surface area contributed by atoms with E-state index in [0.717, 1.165) is 11.4 Å². The Morgan fingerprint density at radius 1 is 1.50 bits per heavy atom. The Kier molecular flexibility index (Phi) is 3.08. The third-order valence-corrected chi connectivity index (χ3v) is 1.50. The summed E-state index contributed by atoms with van der Waals surface area (Å²) < 4.78 is 0. The van der Waals surface area contributed by atoms with E-state index in [-0.39, 0.29) is 0 Å². The van der Waals surface area contributed by atoms with Crippen LogP contribution in [0.1, 0.15) is 6.92 Å². The number of nitrogens with zero attached hydrogens (tertiary/aromatic N) is 1. The van der Waals surface area contributed by atoms with Crippen LogP contribution in [0.5, 0.6) is 0 Å². The molecule has 1 heterocycles. The molecule has 2 heteroatoms. The molecule has 2 nitrogen and oxygen atoms in total. The number of rotatable bonds is 3. The largest absolute Gasteiger partial charge is 0.356 e. The summed E-state index contributed by atoms with van der Waals surface area (Å²) in [6.45, 7) is 5.65. The molecule has 0 saturated carbocycles. The molecular formula is C10H12N2. The van der Waals surface area contributed by atoms with E-state index >= 15 is 0 Å². The molecule has 0 unspecified atom stereocenters. The first-order chi connectivity index (χ1) is 5.86. The number of pyridine rings is 1. The maximum atomic E-state index is 3.92. The summed E-state index contributed by atoms with van der Waals surface area (Å²) in [7, 11) is 0. The lowest BCUT2D eigenvalue weighted by atomic mass is 10.3. The molecule has 0 fully saturated rings. The monoisotopic (exact) mass is 160 g/mol. The van der Waals surface area contributed by atoms with Gasteiger partial charge < -0.3 is 5.32 Å². The Bertz CT molecular complexity index is 275. The number of aromatic nitrogens is 1. The fourth-order valence-electron chi connectivity index (χ4n) is 0.843. The minimum absolute atomic E-state index is 1.00. The first-order valence-corrected chi connectivity index (χ1v) is 3.82. The average Bonchev–Trinajstić information content (AvgIpc) is 2.16. The molecule has 1 aromatic rings.